The van der Waals surface area contributed by atoms with E-state index in [1.807, 2.05) is 54.6 Å². The van der Waals surface area contributed by atoms with Crippen LogP contribution in [0.4, 0.5) is 0 Å². The SMILES string of the molecule is COc1ccc(COC[C@@H](OCc2ccccc2)[C@H](CO[Si](C)(C)C(C)(C)C(C)C)N=[N+]=[N-])cc1. The molecule has 0 amide bonds. The van der Waals surface area contributed by atoms with Crippen LogP contribution in [-0.4, -0.2) is 40.8 Å². The second kappa shape index (κ2) is 13.7. The fourth-order valence-electron chi connectivity index (χ4n) is 3.52. The highest BCUT2D eigenvalue weighted by Crippen LogP contribution is 2.44. The molecule has 0 N–H and O–H groups in total. The van der Waals surface area contributed by atoms with E-state index in [9.17, 15) is 5.53 Å². The van der Waals surface area contributed by atoms with Crippen LogP contribution in [0.25, 0.3) is 10.4 Å². The molecule has 192 valence electrons. The summed E-state index contributed by atoms with van der Waals surface area (Å²) >= 11 is 0. The van der Waals surface area contributed by atoms with Crippen LogP contribution in [0, 0.1) is 5.92 Å². The van der Waals surface area contributed by atoms with Crippen molar-refractivity contribution >= 4 is 8.32 Å². The van der Waals surface area contributed by atoms with E-state index in [1.165, 1.54) is 0 Å². The van der Waals surface area contributed by atoms with E-state index in [4.69, 9.17) is 18.6 Å². The van der Waals surface area contributed by atoms with Gasteiger partial charge in [0, 0.05) is 11.5 Å². The van der Waals surface area contributed by atoms with Crippen molar-refractivity contribution < 1.29 is 18.6 Å². The van der Waals surface area contributed by atoms with Crippen molar-refractivity contribution in [2.45, 2.75) is 71.2 Å². The maximum Gasteiger partial charge on any atom is 0.192 e. The van der Waals surface area contributed by atoms with Crippen LogP contribution in [0.2, 0.25) is 18.1 Å². The highest BCUT2D eigenvalue weighted by Gasteiger charge is 2.43. The lowest BCUT2D eigenvalue weighted by Crippen LogP contribution is -2.48. The Labute approximate surface area is 211 Å². The maximum atomic E-state index is 9.31. The summed E-state index contributed by atoms with van der Waals surface area (Å²) in [6.07, 6.45) is -0.448. The predicted molar refractivity (Wildman–Crippen MR) is 143 cm³/mol. The first-order valence-electron chi connectivity index (χ1n) is 12.1. The number of methoxy groups -OCH3 is 1. The van der Waals surface area contributed by atoms with Gasteiger partial charge < -0.3 is 18.6 Å². The van der Waals surface area contributed by atoms with Gasteiger partial charge in [-0.1, -0.05) is 75.3 Å². The lowest BCUT2D eigenvalue weighted by molar-refractivity contribution is -0.0480. The molecule has 0 radical (unpaired) electrons. The standard InChI is InChI=1S/C27H41N3O4Si/c1-21(2)27(3,4)35(6,7)34-19-25(29-30-28)26(33-18-22-11-9-8-10-12-22)20-32-17-23-13-15-24(31-5)16-14-23/h8-16,21,25-26H,17-20H2,1-7H3/t25-,26+/m0/s1. The van der Waals surface area contributed by atoms with Gasteiger partial charge in [-0.25, -0.2) is 0 Å². The molecule has 0 aliphatic carbocycles. The molecule has 35 heavy (non-hydrogen) atoms. The molecule has 0 saturated heterocycles. The molecular formula is C27H41N3O4Si. The summed E-state index contributed by atoms with van der Waals surface area (Å²) in [5, 5.41) is 4.13. The number of hydrogen-bond donors (Lipinski definition) is 0. The Morgan fingerprint density at radius 1 is 0.943 bits per heavy atom. The molecule has 8 heteroatoms. The molecule has 0 aromatic heterocycles. The molecule has 2 atom stereocenters. The Morgan fingerprint density at radius 2 is 1.57 bits per heavy atom. The topological polar surface area (TPSA) is 85.7 Å². The smallest absolute Gasteiger partial charge is 0.192 e. The van der Waals surface area contributed by atoms with Gasteiger partial charge in [0.15, 0.2) is 8.32 Å². The van der Waals surface area contributed by atoms with Crippen LogP contribution in [-0.2, 0) is 27.1 Å². The lowest BCUT2D eigenvalue weighted by Gasteiger charge is -2.43. The van der Waals surface area contributed by atoms with E-state index >= 15 is 0 Å². The van der Waals surface area contributed by atoms with Gasteiger partial charge in [0.1, 0.15) is 5.75 Å². The molecule has 0 unspecified atom stereocenters. The van der Waals surface area contributed by atoms with Crippen molar-refractivity contribution in [3.63, 3.8) is 0 Å². The minimum absolute atomic E-state index is 0.0547. The predicted octanol–water partition coefficient (Wildman–Crippen LogP) is 7.13. The number of hydrogen-bond acceptors (Lipinski definition) is 5. The Hall–Kier alpha value is -2.35. The summed E-state index contributed by atoms with van der Waals surface area (Å²) in [7, 11) is -0.460. The van der Waals surface area contributed by atoms with Crippen molar-refractivity contribution in [1.82, 2.24) is 0 Å². The molecule has 0 spiro atoms. The summed E-state index contributed by atoms with van der Waals surface area (Å²) in [6, 6.07) is 17.2. The van der Waals surface area contributed by atoms with E-state index in [2.05, 4.69) is 50.8 Å². The highest BCUT2D eigenvalue weighted by atomic mass is 28.4. The van der Waals surface area contributed by atoms with Gasteiger partial charge in [-0.05, 0) is 52.8 Å². The quantitative estimate of drug-likeness (QED) is 0.113. The molecule has 2 aromatic carbocycles. The van der Waals surface area contributed by atoms with E-state index in [0.717, 1.165) is 16.9 Å². The molecule has 0 aliphatic heterocycles. The van der Waals surface area contributed by atoms with Crippen LogP contribution in [0.5, 0.6) is 5.75 Å². The lowest BCUT2D eigenvalue weighted by atomic mass is 9.99. The molecular weight excluding hydrogens is 458 g/mol. The molecule has 0 aliphatic rings. The monoisotopic (exact) mass is 499 g/mol. The van der Waals surface area contributed by atoms with Gasteiger partial charge in [0.05, 0.1) is 39.1 Å². The summed E-state index contributed by atoms with van der Waals surface area (Å²) in [5.74, 6) is 1.27. The van der Waals surface area contributed by atoms with Gasteiger partial charge in [0.2, 0.25) is 0 Å². The number of benzene rings is 2. The molecule has 0 bridgehead atoms. The average Bonchev–Trinajstić information content (AvgIpc) is 2.84. The molecule has 0 fully saturated rings. The molecule has 0 heterocycles. The molecule has 7 nitrogen and oxygen atoms in total. The molecule has 0 saturated carbocycles. The average molecular weight is 500 g/mol. The van der Waals surface area contributed by atoms with Crippen molar-refractivity contribution in [1.29, 1.82) is 0 Å². The normalized spacial score (nSPS) is 13.8. The zero-order valence-electron chi connectivity index (χ0n) is 22.2. The summed E-state index contributed by atoms with van der Waals surface area (Å²) in [6.45, 7) is 14.8. The Bertz CT molecular complexity index is 929. The Kier molecular flexibility index (Phi) is 11.3. The maximum absolute atomic E-state index is 9.31. The van der Waals surface area contributed by atoms with Crippen LogP contribution in [0.3, 0.4) is 0 Å². The van der Waals surface area contributed by atoms with Gasteiger partial charge >= 0.3 is 0 Å². The fraction of sp³-hybridized carbons (Fsp3) is 0.556. The van der Waals surface area contributed by atoms with E-state index in [0.29, 0.717) is 25.7 Å². The van der Waals surface area contributed by atoms with Crippen molar-refractivity contribution in [3.05, 3.63) is 76.2 Å². The second-order valence-electron chi connectivity index (χ2n) is 10.2. The van der Waals surface area contributed by atoms with Crippen LogP contribution in [0.15, 0.2) is 59.7 Å². The van der Waals surface area contributed by atoms with Crippen LogP contribution in [0.1, 0.15) is 38.8 Å². The van der Waals surface area contributed by atoms with Crippen molar-refractivity contribution in [3.8, 4) is 5.75 Å². The number of nitrogens with zero attached hydrogens (tertiary/aromatic N) is 3. The molecule has 2 rings (SSSR count). The van der Waals surface area contributed by atoms with Crippen molar-refractivity contribution in [2.24, 2.45) is 11.0 Å². The minimum atomic E-state index is -2.10. The summed E-state index contributed by atoms with van der Waals surface area (Å²) in [5.41, 5.74) is 11.4. The third-order valence-corrected chi connectivity index (χ3v) is 11.8. The number of rotatable bonds is 15. The first-order valence-corrected chi connectivity index (χ1v) is 15.1. The fourth-order valence-corrected chi connectivity index (χ4v) is 5.87. The van der Waals surface area contributed by atoms with E-state index in [1.54, 1.807) is 7.11 Å². The largest absolute Gasteiger partial charge is 0.497 e. The first kappa shape index (κ1) is 28.9. The Morgan fingerprint density at radius 3 is 2.14 bits per heavy atom. The van der Waals surface area contributed by atoms with Crippen LogP contribution >= 0.6 is 0 Å². The van der Waals surface area contributed by atoms with Gasteiger partial charge in [-0.2, -0.15) is 0 Å². The van der Waals surface area contributed by atoms with Gasteiger partial charge in [-0.15, -0.1) is 0 Å². The van der Waals surface area contributed by atoms with Crippen LogP contribution < -0.4 is 4.74 Å². The van der Waals surface area contributed by atoms with E-state index in [-0.39, 0.29) is 11.6 Å². The zero-order chi connectivity index (χ0) is 25.9. The summed E-state index contributed by atoms with van der Waals surface area (Å²) < 4.78 is 24.0. The van der Waals surface area contributed by atoms with Gasteiger partial charge in [0.25, 0.3) is 0 Å². The third kappa shape index (κ3) is 8.67. The zero-order valence-corrected chi connectivity index (χ0v) is 23.2. The number of azide groups is 1. The molecule has 2 aromatic rings. The highest BCUT2D eigenvalue weighted by molar-refractivity contribution is 6.74. The number of ether oxygens (including phenoxy) is 3. The second-order valence-corrected chi connectivity index (χ2v) is 14.8. The Balaban J connectivity index is 2.12. The third-order valence-electron chi connectivity index (χ3n) is 7.26. The van der Waals surface area contributed by atoms with E-state index < -0.39 is 20.5 Å². The van der Waals surface area contributed by atoms with Gasteiger partial charge in [-0.3, -0.25) is 0 Å². The van der Waals surface area contributed by atoms with Crippen molar-refractivity contribution in [2.75, 3.05) is 20.3 Å². The minimum Gasteiger partial charge on any atom is -0.497 e. The summed E-state index contributed by atoms with van der Waals surface area (Å²) in [4.78, 5) is 3.11. The first-order chi connectivity index (χ1) is 16.6.